The van der Waals surface area contributed by atoms with Gasteiger partial charge in [-0.2, -0.15) is 5.10 Å². The van der Waals surface area contributed by atoms with Crippen LogP contribution in [0.15, 0.2) is 47.4 Å². The summed E-state index contributed by atoms with van der Waals surface area (Å²) < 4.78 is 29.4. The first-order valence-corrected chi connectivity index (χ1v) is 10.1. The quantitative estimate of drug-likeness (QED) is 0.648. The number of sulfonamides is 1. The third-order valence-electron chi connectivity index (χ3n) is 4.49. The van der Waals surface area contributed by atoms with E-state index in [1.165, 1.54) is 12.1 Å². The lowest BCUT2D eigenvalue weighted by atomic mass is 10.1. The standard InChI is InChI=1S/C19H21N3O4S/c1-3-13-8-9-14(12-16(13)19(23)24)27(25,26)20-11-10-17-15-6-4-5-7-18(15)22(2)21-17/h4-9,12,20H,3,10-11H2,1-2H3,(H,23,24). The molecule has 0 aliphatic heterocycles. The van der Waals surface area contributed by atoms with Crippen molar-refractivity contribution in [1.29, 1.82) is 0 Å². The summed E-state index contributed by atoms with van der Waals surface area (Å²) in [5, 5.41) is 14.7. The van der Waals surface area contributed by atoms with Crippen molar-refractivity contribution >= 4 is 26.9 Å². The highest BCUT2D eigenvalue weighted by atomic mass is 32.2. The summed E-state index contributed by atoms with van der Waals surface area (Å²) in [5.74, 6) is -1.14. The number of para-hydroxylation sites is 1. The minimum Gasteiger partial charge on any atom is -0.478 e. The van der Waals surface area contributed by atoms with E-state index in [1.54, 1.807) is 10.7 Å². The Balaban J connectivity index is 1.77. The molecule has 2 N–H and O–H groups in total. The third-order valence-corrected chi connectivity index (χ3v) is 5.95. The summed E-state index contributed by atoms with van der Waals surface area (Å²) in [6.45, 7) is 1.99. The van der Waals surface area contributed by atoms with Crippen LogP contribution < -0.4 is 4.72 Å². The van der Waals surface area contributed by atoms with E-state index in [0.29, 0.717) is 18.4 Å². The second-order valence-corrected chi connectivity index (χ2v) is 7.98. The third kappa shape index (κ3) is 3.86. The number of carboxylic acid groups (broad SMARTS) is 1. The van der Waals surface area contributed by atoms with E-state index in [9.17, 15) is 18.3 Å². The van der Waals surface area contributed by atoms with Crippen LogP contribution in [0.1, 0.15) is 28.5 Å². The van der Waals surface area contributed by atoms with Gasteiger partial charge in [-0.1, -0.05) is 31.2 Å². The molecular formula is C19H21N3O4S. The van der Waals surface area contributed by atoms with Crippen LogP contribution in [0.3, 0.4) is 0 Å². The Bertz CT molecular complexity index is 1100. The number of rotatable bonds is 7. The van der Waals surface area contributed by atoms with Crippen LogP contribution in [-0.4, -0.2) is 35.8 Å². The molecule has 2 aromatic carbocycles. The van der Waals surface area contributed by atoms with E-state index in [0.717, 1.165) is 16.6 Å². The van der Waals surface area contributed by atoms with Gasteiger partial charge in [-0.15, -0.1) is 0 Å². The molecule has 0 aliphatic rings. The molecule has 7 nitrogen and oxygen atoms in total. The van der Waals surface area contributed by atoms with Gasteiger partial charge in [0.2, 0.25) is 10.0 Å². The highest BCUT2D eigenvalue weighted by Gasteiger charge is 2.18. The molecule has 0 bridgehead atoms. The molecule has 142 valence electrons. The summed E-state index contributed by atoms with van der Waals surface area (Å²) in [6.07, 6.45) is 0.946. The minimum atomic E-state index is -3.81. The predicted molar refractivity (Wildman–Crippen MR) is 102 cm³/mol. The molecule has 1 aromatic heterocycles. The summed E-state index contributed by atoms with van der Waals surface area (Å²) in [5.41, 5.74) is 2.40. The number of nitrogens with zero attached hydrogens (tertiary/aromatic N) is 2. The number of nitrogens with one attached hydrogen (secondary N) is 1. The van der Waals surface area contributed by atoms with Gasteiger partial charge in [0, 0.05) is 25.4 Å². The summed E-state index contributed by atoms with van der Waals surface area (Å²) in [6, 6.07) is 11.9. The average molecular weight is 387 g/mol. The molecule has 1 heterocycles. The van der Waals surface area contributed by atoms with Crippen molar-refractivity contribution in [1.82, 2.24) is 14.5 Å². The smallest absolute Gasteiger partial charge is 0.336 e. The van der Waals surface area contributed by atoms with Gasteiger partial charge < -0.3 is 5.11 Å². The summed E-state index contributed by atoms with van der Waals surface area (Å²) in [7, 11) is -1.96. The van der Waals surface area contributed by atoms with Gasteiger partial charge in [-0.05, 0) is 30.2 Å². The van der Waals surface area contributed by atoms with E-state index in [4.69, 9.17) is 0 Å². The van der Waals surface area contributed by atoms with Crippen molar-refractivity contribution in [3.63, 3.8) is 0 Å². The Morgan fingerprint density at radius 3 is 2.67 bits per heavy atom. The Morgan fingerprint density at radius 2 is 1.96 bits per heavy atom. The molecule has 3 aromatic rings. The molecule has 27 heavy (non-hydrogen) atoms. The number of hydrogen-bond donors (Lipinski definition) is 2. The number of benzene rings is 2. The molecule has 3 rings (SSSR count). The van der Waals surface area contributed by atoms with Crippen molar-refractivity contribution in [3.8, 4) is 0 Å². The van der Waals surface area contributed by atoms with E-state index in [2.05, 4.69) is 9.82 Å². The maximum atomic E-state index is 12.5. The zero-order valence-corrected chi connectivity index (χ0v) is 16.0. The topological polar surface area (TPSA) is 101 Å². The Hall–Kier alpha value is -2.71. The number of aromatic carboxylic acids is 1. The zero-order valence-electron chi connectivity index (χ0n) is 15.1. The predicted octanol–water partition coefficient (Wildman–Crippen LogP) is 2.35. The first-order chi connectivity index (χ1) is 12.8. The van der Waals surface area contributed by atoms with Gasteiger partial charge >= 0.3 is 5.97 Å². The van der Waals surface area contributed by atoms with Crippen molar-refractivity contribution in [2.24, 2.45) is 7.05 Å². The molecule has 0 atom stereocenters. The minimum absolute atomic E-state index is 0.0103. The first-order valence-electron chi connectivity index (χ1n) is 8.60. The summed E-state index contributed by atoms with van der Waals surface area (Å²) >= 11 is 0. The van der Waals surface area contributed by atoms with E-state index in [-0.39, 0.29) is 17.0 Å². The van der Waals surface area contributed by atoms with Crippen LogP contribution in [0, 0.1) is 0 Å². The van der Waals surface area contributed by atoms with Crippen LogP contribution in [0.2, 0.25) is 0 Å². The van der Waals surface area contributed by atoms with E-state index in [1.807, 2.05) is 38.2 Å². The molecule has 0 amide bonds. The fraction of sp³-hybridized carbons (Fsp3) is 0.263. The average Bonchev–Trinajstić information content (AvgIpc) is 2.97. The van der Waals surface area contributed by atoms with Gasteiger partial charge in [0.25, 0.3) is 0 Å². The molecular weight excluding hydrogens is 366 g/mol. The van der Waals surface area contributed by atoms with Gasteiger partial charge in [-0.25, -0.2) is 17.9 Å². The maximum Gasteiger partial charge on any atom is 0.336 e. The van der Waals surface area contributed by atoms with Crippen molar-refractivity contribution in [3.05, 3.63) is 59.3 Å². The van der Waals surface area contributed by atoms with Crippen molar-refractivity contribution in [2.45, 2.75) is 24.7 Å². The highest BCUT2D eigenvalue weighted by molar-refractivity contribution is 7.89. The lowest BCUT2D eigenvalue weighted by Crippen LogP contribution is -2.26. The summed E-state index contributed by atoms with van der Waals surface area (Å²) in [4.78, 5) is 11.3. The molecule has 0 fully saturated rings. The Labute approximate surface area is 157 Å². The largest absolute Gasteiger partial charge is 0.478 e. The zero-order chi connectivity index (χ0) is 19.6. The lowest BCUT2D eigenvalue weighted by molar-refractivity contribution is 0.0695. The fourth-order valence-corrected chi connectivity index (χ4v) is 4.15. The second-order valence-electron chi connectivity index (χ2n) is 6.21. The SMILES string of the molecule is CCc1ccc(S(=O)(=O)NCCc2nn(C)c3ccccc23)cc1C(=O)O. The normalized spacial score (nSPS) is 11.8. The van der Waals surface area contributed by atoms with Crippen LogP contribution >= 0.6 is 0 Å². The molecule has 8 heteroatoms. The van der Waals surface area contributed by atoms with Crippen LogP contribution in [0.25, 0.3) is 10.9 Å². The van der Waals surface area contributed by atoms with Gasteiger partial charge in [0.15, 0.2) is 0 Å². The van der Waals surface area contributed by atoms with Crippen LogP contribution in [0.5, 0.6) is 0 Å². The van der Waals surface area contributed by atoms with E-state index >= 15 is 0 Å². The molecule has 0 radical (unpaired) electrons. The number of aryl methyl sites for hydroxylation is 2. The van der Waals surface area contributed by atoms with Gasteiger partial charge in [-0.3, -0.25) is 4.68 Å². The number of carbonyl (C=O) groups is 1. The number of hydrogen-bond acceptors (Lipinski definition) is 4. The first kappa shape index (κ1) is 19.1. The van der Waals surface area contributed by atoms with Gasteiger partial charge in [0.1, 0.15) is 0 Å². The Kier molecular flexibility index (Phi) is 5.29. The fourth-order valence-electron chi connectivity index (χ4n) is 3.09. The number of carboxylic acids is 1. The second kappa shape index (κ2) is 7.50. The number of aromatic nitrogens is 2. The van der Waals surface area contributed by atoms with E-state index < -0.39 is 16.0 Å². The van der Waals surface area contributed by atoms with Crippen LogP contribution in [-0.2, 0) is 29.9 Å². The maximum absolute atomic E-state index is 12.5. The van der Waals surface area contributed by atoms with Crippen molar-refractivity contribution < 1.29 is 18.3 Å². The number of fused-ring (bicyclic) bond motifs is 1. The highest BCUT2D eigenvalue weighted by Crippen LogP contribution is 2.19. The molecule has 0 saturated heterocycles. The molecule has 0 unspecified atom stereocenters. The Morgan fingerprint density at radius 1 is 1.22 bits per heavy atom. The molecule has 0 spiro atoms. The molecule has 0 aliphatic carbocycles. The monoisotopic (exact) mass is 387 g/mol. The van der Waals surface area contributed by atoms with Crippen LogP contribution in [0.4, 0.5) is 0 Å². The van der Waals surface area contributed by atoms with Crippen molar-refractivity contribution in [2.75, 3.05) is 6.54 Å². The molecule has 0 saturated carbocycles. The van der Waals surface area contributed by atoms with Gasteiger partial charge in [0.05, 0.1) is 21.7 Å². The lowest BCUT2D eigenvalue weighted by Gasteiger charge is -2.09.